The smallest absolute Gasteiger partial charge is 0.276 e. The number of ether oxygens (including phenoxy) is 1. The minimum atomic E-state index is -0.409. The highest BCUT2D eigenvalue weighted by Crippen LogP contribution is 2.18. The van der Waals surface area contributed by atoms with Gasteiger partial charge in [-0.1, -0.05) is 25.5 Å². The monoisotopic (exact) mass is 253 g/mol. The summed E-state index contributed by atoms with van der Waals surface area (Å²) in [5.41, 5.74) is 0.627. The fourth-order valence-corrected chi connectivity index (χ4v) is 1.57. The first-order valence-electron chi connectivity index (χ1n) is 5.53. The van der Waals surface area contributed by atoms with Crippen LogP contribution in [0.5, 0.6) is 0 Å². The first kappa shape index (κ1) is 13.6. The van der Waals surface area contributed by atoms with E-state index < -0.39 is 4.92 Å². The lowest BCUT2D eigenvalue weighted by molar-refractivity contribution is -0.385. The normalized spacial score (nSPS) is 9.94. The van der Waals surface area contributed by atoms with Gasteiger partial charge in [0, 0.05) is 12.5 Å². The van der Waals surface area contributed by atoms with Crippen molar-refractivity contribution < 1.29 is 9.66 Å². The number of nitro groups is 1. The number of para-hydroxylation sites is 1. The lowest BCUT2D eigenvalue weighted by Gasteiger charge is -2.07. The zero-order chi connectivity index (χ0) is 12.7. The number of unbranched alkanes of at least 4 members (excludes halogenated alkanes) is 1. The standard InChI is InChI=1S/C12H15NO3S/c1-2-3-8-12(17)16-9-10-6-4-5-7-11(10)13(14)15/h4-7H,2-3,8-9H2,1H3. The molecule has 0 aliphatic rings. The second-order valence-electron chi connectivity index (χ2n) is 3.65. The second kappa shape index (κ2) is 6.96. The van der Waals surface area contributed by atoms with Crippen LogP contribution in [0, 0.1) is 10.1 Å². The van der Waals surface area contributed by atoms with Gasteiger partial charge >= 0.3 is 0 Å². The van der Waals surface area contributed by atoms with Gasteiger partial charge in [-0.25, -0.2) is 0 Å². The molecule has 0 spiro atoms. The van der Waals surface area contributed by atoms with Gasteiger partial charge in [0.2, 0.25) is 0 Å². The molecule has 0 aliphatic carbocycles. The second-order valence-corrected chi connectivity index (χ2v) is 4.11. The van der Waals surface area contributed by atoms with E-state index in [-0.39, 0.29) is 12.3 Å². The number of hydrogen-bond donors (Lipinski definition) is 0. The van der Waals surface area contributed by atoms with Gasteiger partial charge in [-0.15, -0.1) is 0 Å². The van der Waals surface area contributed by atoms with Crippen LogP contribution in [0.4, 0.5) is 5.69 Å². The van der Waals surface area contributed by atoms with Crippen molar-refractivity contribution in [2.24, 2.45) is 0 Å². The van der Waals surface area contributed by atoms with E-state index in [2.05, 4.69) is 6.92 Å². The van der Waals surface area contributed by atoms with Crippen molar-refractivity contribution in [3.05, 3.63) is 39.9 Å². The zero-order valence-corrected chi connectivity index (χ0v) is 10.5. The van der Waals surface area contributed by atoms with Gasteiger partial charge < -0.3 is 4.74 Å². The molecule has 0 aliphatic heterocycles. The summed E-state index contributed by atoms with van der Waals surface area (Å²) in [6, 6.07) is 6.53. The van der Waals surface area contributed by atoms with Crippen LogP contribution in [0.3, 0.4) is 0 Å². The Bertz CT molecular complexity index is 406. The summed E-state index contributed by atoms with van der Waals surface area (Å²) >= 11 is 5.04. The molecule has 0 amide bonds. The van der Waals surface area contributed by atoms with E-state index in [1.54, 1.807) is 18.2 Å². The number of nitrogens with zero attached hydrogens (tertiary/aromatic N) is 1. The highest BCUT2D eigenvalue weighted by Gasteiger charge is 2.12. The predicted molar refractivity (Wildman–Crippen MR) is 70.0 cm³/mol. The molecule has 0 saturated heterocycles. The van der Waals surface area contributed by atoms with Crippen LogP contribution >= 0.6 is 12.2 Å². The predicted octanol–water partition coefficient (Wildman–Crippen LogP) is 3.63. The van der Waals surface area contributed by atoms with E-state index in [1.807, 2.05) is 0 Å². The van der Waals surface area contributed by atoms with Crippen molar-refractivity contribution in [1.82, 2.24) is 0 Å². The van der Waals surface area contributed by atoms with E-state index in [0.717, 1.165) is 19.3 Å². The minimum absolute atomic E-state index is 0.0748. The Morgan fingerprint density at radius 3 is 2.82 bits per heavy atom. The van der Waals surface area contributed by atoms with Crippen LogP contribution in [0.25, 0.3) is 0 Å². The quantitative estimate of drug-likeness (QED) is 0.441. The van der Waals surface area contributed by atoms with Crippen molar-refractivity contribution in [2.45, 2.75) is 32.8 Å². The zero-order valence-electron chi connectivity index (χ0n) is 9.72. The molecule has 1 aromatic carbocycles. The maximum Gasteiger partial charge on any atom is 0.276 e. The van der Waals surface area contributed by atoms with Crippen LogP contribution in [0.2, 0.25) is 0 Å². The highest BCUT2D eigenvalue weighted by atomic mass is 32.1. The van der Waals surface area contributed by atoms with E-state index in [9.17, 15) is 10.1 Å². The van der Waals surface area contributed by atoms with Crippen LogP contribution in [-0.4, -0.2) is 9.97 Å². The lowest BCUT2D eigenvalue weighted by atomic mass is 10.2. The molecule has 1 aromatic rings. The highest BCUT2D eigenvalue weighted by molar-refractivity contribution is 7.80. The molecule has 0 aromatic heterocycles. The van der Waals surface area contributed by atoms with Gasteiger partial charge in [0.15, 0.2) is 5.05 Å². The number of benzene rings is 1. The Labute approximate surface area is 106 Å². The van der Waals surface area contributed by atoms with Crippen LogP contribution in [0.15, 0.2) is 24.3 Å². The van der Waals surface area contributed by atoms with Gasteiger partial charge in [-0.3, -0.25) is 10.1 Å². The molecule has 1 rings (SSSR count). The van der Waals surface area contributed by atoms with E-state index in [0.29, 0.717) is 10.6 Å². The largest absolute Gasteiger partial charge is 0.482 e. The van der Waals surface area contributed by atoms with E-state index >= 15 is 0 Å². The van der Waals surface area contributed by atoms with Gasteiger partial charge in [-0.05, 0) is 24.7 Å². The molecule has 0 atom stereocenters. The van der Waals surface area contributed by atoms with Crippen molar-refractivity contribution in [2.75, 3.05) is 0 Å². The fraction of sp³-hybridized carbons (Fsp3) is 0.417. The van der Waals surface area contributed by atoms with E-state index in [4.69, 9.17) is 17.0 Å². The van der Waals surface area contributed by atoms with Crippen molar-refractivity contribution >= 4 is 23.0 Å². The van der Waals surface area contributed by atoms with Gasteiger partial charge in [0.25, 0.3) is 5.69 Å². The van der Waals surface area contributed by atoms with Crippen LogP contribution in [-0.2, 0) is 11.3 Å². The van der Waals surface area contributed by atoms with Crippen molar-refractivity contribution in [1.29, 1.82) is 0 Å². The maximum atomic E-state index is 10.8. The third kappa shape index (κ3) is 4.48. The number of hydrogen-bond acceptors (Lipinski definition) is 4. The Morgan fingerprint density at radius 2 is 2.18 bits per heavy atom. The lowest BCUT2D eigenvalue weighted by Crippen LogP contribution is -2.03. The molecule has 17 heavy (non-hydrogen) atoms. The topological polar surface area (TPSA) is 52.4 Å². The molecule has 4 nitrogen and oxygen atoms in total. The molecular weight excluding hydrogens is 238 g/mol. The molecule has 0 saturated carbocycles. The van der Waals surface area contributed by atoms with E-state index in [1.165, 1.54) is 6.07 Å². The van der Waals surface area contributed by atoms with Crippen molar-refractivity contribution in [3.63, 3.8) is 0 Å². The van der Waals surface area contributed by atoms with Crippen LogP contribution in [0.1, 0.15) is 31.7 Å². The first-order valence-corrected chi connectivity index (χ1v) is 5.94. The Morgan fingerprint density at radius 1 is 1.47 bits per heavy atom. The van der Waals surface area contributed by atoms with Crippen LogP contribution < -0.4 is 0 Å². The molecule has 0 bridgehead atoms. The van der Waals surface area contributed by atoms with Crippen molar-refractivity contribution in [3.8, 4) is 0 Å². The van der Waals surface area contributed by atoms with Gasteiger partial charge in [0.1, 0.15) is 6.61 Å². The maximum absolute atomic E-state index is 10.8. The molecule has 92 valence electrons. The molecule has 0 N–H and O–H groups in total. The molecule has 0 heterocycles. The number of thiocarbonyl (C=S) groups is 1. The number of rotatable bonds is 6. The molecule has 0 fully saturated rings. The minimum Gasteiger partial charge on any atom is -0.482 e. The number of nitro benzene ring substituents is 1. The van der Waals surface area contributed by atoms with Gasteiger partial charge in [0.05, 0.1) is 10.5 Å². The fourth-order valence-electron chi connectivity index (χ4n) is 1.36. The summed E-state index contributed by atoms with van der Waals surface area (Å²) in [6.45, 7) is 2.24. The van der Waals surface area contributed by atoms with Gasteiger partial charge in [-0.2, -0.15) is 0 Å². The SMILES string of the molecule is CCCCC(=S)OCc1ccccc1[N+](=O)[O-]. The summed E-state index contributed by atoms with van der Waals surface area (Å²) in [5.74, 6) is 0. The molecule has 5 heteroatoms. The summed E-state index contributed by atoms with van der Waals surface area (Å²) in [6.07, 6.45) is 2.76. The Kier molecular flexibility index (Phi) is 5.56. The third-order valence-corrected chi connectivity index (χ3v) is 2.63. The Hall–Kier alpha value is -1.49. The summed E-state index contributed by atoms with van der Waals surface area (Å²) in [5, 5.41) is 11.3. The summed E-state index contributed by atoms with van der Waals surface area (Å²) < 4.78 is 5.35. The average molecular weight is 253 g/mol. The average Bonchev–Trinajstić information content (AvgIpc) is 2.34. The molecule has 0 unspecified atom stereocenters. The molecule has 0 radical (unpaired) electrons. The summed E-state index contributed by atoms with van der Waals surface area (Å²) in [7, 11) is 0. The molecular formula is C12H15NO3S. The first-order chi connectivity index (χ1) is 8.15. The summed E-state index contributed by atoms with van der Waals surface area (Å²) in [4.78, 5) is 10.3. The third-order valence-electron chi connectivity index (χ3n) is 2.31. The Balaban J connectivity index is 2.57.